The van der Waals surface area contributed by atoms with Gasteiger partial charge in [0.25, 0.3) is 0 Å². The van der Waals surface area contributed by atoms with Crippen molar-refractivity contribution in [3.05, 3.63) is 119 Å². The summed E-state index contributed by atoms with van der Waals surface area (Å²) in [5, 5.41) is 2.22. The van der Waals surface area contributed by atoms with Gasteiger partial charge in [-0.25, -0.2) is 13.8 Å². The predicted molar refractivity (Wildman–Crippen MR) is 129 cm³/mol. The van der Waals surface area contributed by atoms with Crippen molar-refractivity contribution in [2.75, 3.05) is 0 Å². The van der Waals surface area contributed by atoms with E-state index < -0.39 is 29.4 Å². The Bertz CT molecular complexity index is 1560. The van der Waals surface area contributed by atoms with E-state index in [-0.39, 0.29) is 17.3 Å². The second-order valence-electron chi connectivity index (χ2n) is 8.73. The van der Waals surface area contributed by atoms with Crippen molar-refractivity contribution in [3.8, 4) is 17.3 Å². The van der Waals surface area contributed by atoms with Crippen LogP contribution in [0.4, 0.5) is 8.78 Å². The summed E-state index contributed by atoms with van der Waals surface area (Å²) in [6, 6.07) is 27.0. The Balaban J connectivity index is 1.45. The molecule has 4 nitrogen and oxygen atoms in total. The van der Waals surface area contributed by atoms with Gasteiger partial charge in [0.2, 0.25) is 5.88 Å². The molecule has 5 aromatic rings. The number of H-pyrrole nitrogens is 1. The number of benzene rings is 4. The van der Waals surface area contributed by atoms with E-state index in [1.165, 1.54) is 0 Å². The van der Waals surface area contributed by atoms with Crippen LogP contribution in [-0.2, 0) is 11.2 Å². The smallest absolute Gasteiger partial charge is 0.317 e. The van der Waals surface area contributed by atoms with Gasteiger partial charge in [-0.3, -0.25) is 4.79 Å². The number of hydrogen-bond acceptors (Lipinski definition) is 3. The van der Waals surface area contributed by atoms with Crippen LogP contribution < -0.4 is 4.74 Å². The van der Waals surface area contributed by atoms with E-state index in [1.807, 2.05) is 66.7 Å². The zero-order valence-electron chi connectivity index (χ0n) is 18.5. The molecule has 1 N–H and O–H groups in total. The minimum Gasteiger partial charge on any atom is -0.407 e. The molecule has 0 aliphatic carbocycles. The molecule has 35 heavy (non-hydrogen) atoms. The first-order valence-corrected chi connectivity index (χ1v) is 11.4. The number of nitrogens with zero attached hydrogens (tertiary/aromatic N) is 1. The lowest BCUT2D eigenvalue weighted by molar-refractivity contribution is -0.141. The second kappa shape index (κ2) is 8.47. The van der Waals surface area contributed by atoms with Crippen molar-refractivity contribution in [1.82, 2.24) is 9.97 Å². The molecule has 0 spiro atoms. The summed E-state index contributed by atoms with van der Waals surface area (Å²) < 4.78 is 34.0. The topological polar surface area (TPSA) is 55.0 Å². The van der Waals surface area contributed by atoms with Crippen molar-refractivity contribution in [3.63, 3.8) is 0 Å². The molecule has 0 radical (unpaired) electrons. The van der Waals surface area contributed by atoms with Gasteiger partial charge >= 0.3 is 5.97 Å². The van der Waals surface area contributed by atoms with Gasteiger partial charge in [0.15, 0.2) is 0 Å². The minimum atomic E-state index is -0.618. The third kappa shape index (κ3) is 3.87. The molecule has 2 unspecified atom stereocenters. The molecular weight excluding hydrogens is 446 g/mol. The van der Waals surface area contributed by atoms with E-state index in [0.717, 1.165) is 40.1 Å². The molecule has 2 heterocycles. The summed E-state index contributed by atoms with van der Waals surface area (Å²) in [6.07, 6.45) is 0.444. The number of fused-ring (bicyclic) bond motifs is 2. The van der Waals surface area contributed by atoms with Crippen LogP contribution in [0.2, 0.25) is 0 Å². The molecule has 0 saturated carbocycles. The maximum absolute atomic E-state index is 14.5. The molecule has 0 fully saturated rings. The fourth-order valence-electron chi connectivity index (χ4n) is 4.84. The van der Waals surface area contributed by atoms with Crippen LogP contribution >= 0.6 is 0 Å². The second-order valence-corrected chi connectivity index (χ2v) is 8.73. The maximum Gasteiger partial charge on any atom is 0.317 e. The normalized spacial score (nSPS) is 17.3. The first-order valence-electron chi connectivity index (χ1n) is 11.4. The highest BCUT2D eigenvalue weighted by Crippen LogP contribution is 2.43. The Morgan fingerprint density at radius 3 is 2.46 bits per heavy atom. The van der Waals surface area contributed by atoms with Crippen LogP contribution in [0.3, 0.4) is 0 Å². The Labute approximate surface area is 200 Å². The van der Waals surface area contributed by atoms with Gasteiger partial charge in [-0.05, 0) is 46.5 Å². The standard InChI is InChI=1S/C29H20F2N2O2/c30-21-12-13-24(31)22(16-21)27-32-26-25(19-7-2-1-3-8-19)23(29(34)35-28(26)33-27)15-17-10-11-18-6-4-5-9-20(18)14-17/h1-14,16,23,25H,15H2,(H,32,33). The Kier molecular flexibility index (Phi) is 5.14. The van der Waals surface area contributed by atoms with Gasteiger partial charge in [-0.1, -0.05) is 72.8 Å². The molecule has 172 valence electrons. The minimum absolute atomic E-state index is 0.0201. The molecule has 0 bridgehead atoms. The SMILES string of the molecule is O=C1Oc2[nH]c(-c3cc(F)ccc3F)nc2C(c2ccccc2)C1Cc1ccc2ccccc2c1. The first-order chi connectivity index (χ1) is 17.1. The predicted octanol–water partition coefficient (Wildman–Crippen LogP) is 6.42. The fraction of sp³-hybridized carbons (Fsp3) is 0.103. The van der Waals surface area contributed by atoms with E-state index in [0.29, 0.717) is 12.1 Å². The third-order valence-electron chi connectivity index (χ3n) is 6.51. The summed E-state index contributed by atoms with van der Waals surface area (Å²) in [6.45, 7) is 0. The highest BCUT2D eigenvalue weighted by Gasteiger charge is 2.41. The summed E-state index contributed by atoms with van der Waals surface area (Å²) in [5.74, 6) is -2.27. The number of aromatic amines is 1. The summed E-state index contributed by atoms with van der Waals surface area (Å²) in [4.78, 5) is 20.8. The summed E-state index contributed by atoms with van der Waals surface area (Å²) >= 11 is 0. The Morgan fingerprint density at radius 2 is 1.63 bits per heavy atom. The van der Waals surface area contributed by atoms with Gasteiger partial charge in [0.05, 0.1) is 11.5 Å². The summed E-state index contributed by atoms with van der Waals surface area (Å²) in [5.41, 5.74) is 2.38. The van der Waals surface area contributed by atoms with Crippen LogP contribution in [0.25, 0.3) is 22.2 Å². The fourth-order valence-corrected chi connectivity index (χ4v) is 4.84. The number of hydrogen-bond donors (Lipinski definition) is 1. The number of carbonyl (C=O) groups is 1. The zero-order chi connectivity index (χ0) is 23.9. The lowest BCUT2D eigenvalue weighted by atomic mass is 9.79. The Hall–Kier alpha value is -4.32. The zero-order valence-corrected chi connectivity index (χ0v) is 18.5. The van der Waals surface area contributed by atoms with Gasteiger partial charge in [-0.15, -0.1) is 0 Å². The molecule has 6 heteroatoms. The number of rotatable bonds is 4. The van der Waals surface area contributed by atoms with Gasteiger partial charge < -0.3 is 9.72 Å². The number of esters is 1. The quantitative estimate of drug-likeness (QED) is 0.311. The van der Waals surface area contributed by atoms with Crippen LogP contribution in [0.15, 0.2) is 91.0 Å². The van der Waals surface area contributed by atoms with E-state index in [1.54, 1.807) is 0 Å². The molecule has 0 amide bonds. The van der Waals surface area contributed by atoms with Crippen molar-refractivity contribution in [2.24, 2.45) is 5.92 Å². The van der Waals surface area contributed by atoms with Crippen LogP contribution in [-0.4, -0.2) is 15.9 Å². The lowest BCUT2D eigenvalue weighted by Crippen LogP contribution is -2.34. The molecule has 0 saturated heterocycles. The summed E-state index contributed by atoms with van der Waals surface area (Å²) in [7, 11) is 0. The number of halogens is 2. The molecule has 1 aromatic heterocycles. The number of ether oxygens (including phenoxy) is 1. The lowest BCUT2D eigenvalue weighted by Gasteiger charge is -2.29. The first kappa shape index (κ1) is 21.2. The van der Waals surface area contributed by atoms with Crippen molar-refractivity contribution >= 4 is 16.7 Å². The van der Waals surface area contributed by atoms with Crippen molar-refractivity contribution < 1.29 is 18.3 Å². The number of carbonyl (C=O) groups excluding carboxylic acids is 1. The van der Waals surface area contributed by atoms with Crippen molar-refractivity contribution in [1.29, 1.82) is 0 Å². The van der Waals surface area contributed by atoms with E-state index >= 15 is 0 Å². The van der Waals surface area contributed by atoms with Crippen LogP contribution in [0, 0.1) is 17.6 Å². The average molecular weight is 466 g/mol. The van der Waals surface area contributed by atoms with E-state index in [9.17, 15) is 13.6 Å². The number of nitrogens with one attached hydrogen (secondary N) is 1. The van der Waals surface area contributed by atoms with E-state index in [2.05, 4.69) is 16.0 Å². The number of aromatic nitrogens is 2. The van der Waals surface area contributed by atoms with E-state index in [4.69, 9.17) is 4.74 Å². The Morgan fingerprint density at radius 1 is 0.857 bits per heavy atom. The third-order valence-corrected chi connectivity index (χ3v) is 6.51. The molecule has 6 rings (SSSR count). The monoisotopic (exact) mass is 466 g/mol. The molecule has 2 atom stereocenters. The van der Waals surface area contributed by atoms with Gasteiger partial charge in [0.1, 0.15) is 23.2 Å². The molecular formula is C29H20F2N2O2. The highest BCUT2D eigenvalue weighted by molar-refractivity contribution is 5.84. The molecule has 1 aliphatic rings. The van der Waals surface area contributed by atoms with Crippen LogP contribution in [0.5, 0.6) is 5.88 Å². The number of imidazole rings is 1. The van der Waals surface area contributed by atoms with Gasteiger partial charge in [-0.2, -0.15) is 0 Å². The molecule has 1 aliphatic heterocycles. The largest absolute Gasteiger partial charge is 0.407 e. The van der Waals surface area contributed by atoms with Crippen molar-refractivity contribution in [2.45, 2.75) is 12.3 Å². The molecule has 4 aromatic carbocycles. The van der Waals surface area contributed by atoms with Crippen LogP contribution in [0.1, 0.15) is 22.7 Å². The van der Waals surface area contributed by atoms with Gasteiger partial charge in [0, 0.05) is 5.92 Å². The maximum atomic E-state index is 14.5. The average Bonchev–Trinajstić information content (AvgIpc) is 3.29. The highest BCUT2D eigenvalue weighted by atomic mass is 19.1.